The molecule has 0 fully saturated rings. The number of tetrazole rings is 1. The number of carbonyl (C=O) groups is 1. The predicted molar refractivity (Wildman–Crippen MR) is 85.3 cm³/mol. The number of amides is 1. The van der Waals surface area contributed by atoms with Gasteiger partial charge in [0.15, 0.2) is 0 Å². The summed E-state index contributed by atoms with van der Waals surface area (Å²) in [6, 6.07) is 14.7. The summed E-state index contributed by atoms with van der Waals surface area (Å²) in [5.41, 5.74) is 0.243. The number of carbonyl (C=O) groups excluding carboxylic acids is 1. The second-order valence-electron chi connectivity index (χ2n) is 5.01. The zero-order valence-corrected chi connectivity index (χ0v) is 12.6. The lowest BCUT2D eigenvalue weighted by atomic mass is 10.3. The maximum atomic E-state index is 13.5. The van der Waals surface area contributed by atoms with E-state index in [1.54, 1.807) is 30.3 Å². The van der Waals surface area contributed by atoms with Crippen LogP contribution in [0.15, 0.2) is 59.4 Å². The fourth-order valence-electron chi connectivity index (χ4n) is 2.13. The summed E-state index contributed by atoms with van der Waals surface area (Å²) >= 11 is 0. The molecule has 0 unspecified atom stereocenters. The van der Waals surface area contributed by atoms with Gasteiger partial charge in [0.05, 0.1) is 17.9 Å². The molecule has 0 aliphatic heterocycles. The third-order valence-corrected chi connectivity index (χ3v) is 3.34. The van der Waals surface area contributed by atoms with Crippen LogP contribution < -0.4 is 11.0 Å². The number of rotatable bonds is 5. The molecule has 0 saturated heterocycles. The minimum absolute atomic E-state index is 0.0261. The van der Waals surface area contributed by atoms with Crippen molar-refractivity contribution in [1.82, 2.24) is 19.8 Å². The molecule has 1 heterocycles. The van der Waals surface area contributed by atoms with Crippen molar-refractivity contribution in [3.05, 3.63) is 70.9 Å². The Labute approximate surface area is 136 Å². The van der Waals surface area contributed by atoms with Crippen molar-refractivity contribution in [1.29, 1.82) is 0 Å². The molecular weight excluding hydrogens is 313 g/mol. The fraction of sp³-hybridized carbons (Fsp3) is 0.125. The molecule has 0 aliphatic carbocycles. The second-order valence-corrected chi connectivity index (χ2v) is 5.01. The van der Waals surface area contributed by atoms with Crippen molar-refractivity contribution in [3.63, 3.8) is 0 Å². The number of halogens is 1. The van der Waals surface area contributed by atoms with Crippen LogP contribution in [0.1, 0.15) is 6.42 Å². The topological polar surface area (TPSA) is 81.8 Å². The molecule has 3 rings (SSSR count). The van der Waals surface area contributed by atoms with Gasteiger partial charge < -0.3 is 5.32 Å². The molecule has 8 heteroatoms. The van der Waals surface area contributed by atoms with E-state index in [1.165, 1.54) is 18.2 Å². The van der Waals surface area contributed by atoms with Crippen LogP contribution in [0.4, 0.5) is 10.1 Å². The van der Waals surface area contributed by atoms with Crippen LogP contribution in [0.25, 0.3) is 5.69 Å². The quantitative estimate of drug-likeness (QED) is 0.772. The summed E-state index contributed by atoms with van der Waals surface area (Å²) in [5.74, 6) is -0.931. The van der Waals surface area contributed by atoms with Crippen LogP contribution in [-0.4, -0.2) is 25.7 Å². The summed E-state index contributed by atoms with van der Waals surface area (Å²) in [6.45, 7) is 0.0476. The van der Waals surface area contributed by atoms with Crippen LogP contribution in [0, 0.1) is 5.82 Å². The zero-order chi connectivity index (χ0) is 16.9. The van der Waals surface area contributed by atoms with Crippen molar-refractivity contribution >= 4 is 11.6 Å². The van der Waals surface area contributed by atoms with Gasteiger partial charge in [-0.25, -0.2) is 9.18 Å². The minimum atomic E-state index is -0.516. The number of aryl methyl sites for hydroxylation is 1. The average Bonchev–Trinajstić information content (AvgIpc) is 2.97. The first kappa shape index (κ1) is 15.6. The van der Waals surface area contributed by atoms with E-state index in [9.17, 15) is 14.0 Å². The molecule has 0 bridgehead atoms. The van der Waals surface area contributed by atoms with Gasteiger partial charge in [-0.1, -0.05) is 30.3 Å². The Morgan fingerprint density at radius 1 is 1.04 bits per heavy atom. The smallest absolute Gasteiger partial charge is 0.324 e. The van der Waals surface area contributed by atoms with Gasteiger partial charge in [0, 0.05) is 6.42 Å². The average molecular weight is 327 g/mol. The van der Waals surface area contributed by atoms with Gasteiger partial charge in [-0.05, 0) is 34.7 Å². The number of hydrogen-bond donors (Lipinski definition) is 1. The highest BCUT2D eigenvalue weighted by Crippen LogP contribution is 2.12. The molecule has 122 valence electrons. The normalized spacial score (nSPS) is 10.5. The van der Waals surface area contributed by atoms with E-state index in [1.807, 2.05) is 6.07 Å². The lowest BCUT2D eigenvalue weighted by Crippen LogP contribution is -2.26. The molecule has 2 aromatic carbocycles. The third-order valence-electron chi connectivity index (χ3n) is 3.34. The number of para-hydroxylation sites is 2. The van der Waals surface area contributed by atoms with Crippen LogP contribution in [-0.2, 0) is 11.3 Å². The van der Waals surface area contributed by atoms with Gasteiger partial charge in [0.1, 0.15) is 5.82 Å². The summed E-state index contributed by atoms with van der Waals surface area (Å²) in [7, 11) is 0. The Morgan fingerprint density at radius 2 is 1.75 bits per heavy atom. The largest absolute Gasteiger partial charge is 0.368 e. The molecule has 0 radical (unpaired) electrons. The molecule has 1 N–H and O–H groups in total. The molecule has 24 heavy (non-hydrogen) atoms. The summed E-state index contributed by atoms with van der Waals surface area (Å²) in [5, 5.41) is 9.99. The van der Waals surface area contributed by atoms with Crippen LogP contribution in [0.2, 0.25) is 0 Å². The molecule has 1 amide bonds. The van der Waals surface area contributed by atoms with Gasteiger partial charge in [0.25, 0.3) is 0 Å². The Kier molecular flexibility index (Phi) is 4.46. The molecule has 0 atom stereocenters. The molecule has 0 aliphatic rings. The van der Waals surface area contributed by atoms with Crippen LogP contribution >= 0.6 is 0 Å². The van der Waals surface area contributed by atoms with E-state index in [2.05, 4.69) is 15.7 Å². The maximum Gasteiger partial charge on any atom is 0.368 e. The van der Waals surface area contributed by atoms with Crippen molar-refractivity contribution < 1.29 is 9.18 Å². The van der Waals surface area contributed by atoms with Crippen molar-refractivity contribution in [2.24, 2.45) is 0 Å². The number of nitrogens with zero attached hydrogens (tertiary/aromatic N) is 4. The van der Waals surface area contributed by atoms with E-state index < -0.39 is 17.4 Å². The first-order valence-electron chi connectivity index (χ1n) is 7.28. The molecule has 3 aromatic rings. The SMILES string of the molecule is O=C(CCn1nnn(-c2ccccc2)c1=O)Nc1ccccc1F. The van der Waals surface area contributed by atoms with E-state index >= 15 is 0 Å². The van der Waals surface area contributed by atoms with E-state index in [0.717, 1.165) is 9.36 Å². The zero-order valence-electron chi connectivity index (χ0n) is 12.6. The Balaban J connectivity index is 1.65. The van der Waals surface area contributed by atoms with Gasteiger partial charge in [-0.15, -0.1) is 0 Å². The van der Waals surface area contributed by atoms with E-state index in [-0.39, 0.29) is 18.7 Å². The van der Waals surface area contributed by atoms with Crippen molar-refractivity contribution in [2.75, 3.05) is 5.32 Å². The number of benzene rings is 2. The first-order chi connectivity index (χ1) is 11.6. The third kappa shape index (κ3) is 3.37. The number of hydrogen-bond acceptors (Lipinski definition) is 4. The molecule has 0 saturated carbocycles. The van der Waals surface area contributed by atoms with Crippen molar-refractivity contribution in [2.45, 2.75) is 13.0 Å². The molecule has 0 spiro atoms. The van der Waals surface area contributed by atoms with Crippen molar-refractivity contribution in [3.8, 4) is 5.69 Å². The Bertz CT molecular complexity index is 904. The minimum Gasteiger partial charge on any atom is -0.324 e. The lowest BCUT2D eigenvalue weighted by Gasteiger charge is -2.05. The molecular formula is C16H14FN5O2. The van der Waals surface area contributed by atoms with Gasteiger partial charge in [0.2, 0.25) is 5.91 Å². The van der Waals surface area contributed by atoms with Crippen LogP contribution in [0.3, 0.4) is 0 Å². The summed E-state index contributed by atoms with van der Waals surface area (Å²) in [4.78, 5) is 24.1. The van der Waals surface area contributed by atoms with Crippen LogP contribution in [0.5, 0.6) is 0 Å². The standard InChI is InChI=1S/C16H14FN5O2/c17-13-8-4-5-9-14(13)18-15(23)10-11-21-16(24)22(20-19-21)12-6-2-1-3-7-12/h1-9H,10-11H2,(H,18,23). The number of nitrogens with one attached hydrogen (secondary N) is 1. The highest BCUT2D eigenvalue weighted by atomic mass is 19.1. The fourth-order valence-corrected chi connectivity index (χ4v) is 2.13. The van der Waals surface area contributed by atoms with E-state index in [4.69, 9.17) is 0 Å². The summed E-state index contributed by atoms with van der Waals surface area (Å²) < 4.78 is 15.7. The van der Waals surface area contributed by atoms with E-state index in [0.29, 0.717) is 5.69 Å². The Morgan fingerprint density at radius 3 is 2.50 bits per heavy atom. The predicted octanol–water partition coefficient (Wildman–Crippen LogP) is 1.60. The second kappa shape index (κ2) is 6.86. The highest BCUT2D eigenvalue weighted by molar-refractivity contribution is 5.90. The lowest BCUT2D eigenvalue weighted by molar-refractivity contribution is -0.116. The van der Waals surface area contributed by atoms with Gasteiger partial charge in [-0.2, -0.15) is 9.36 Å². The molecule has 1 aromatic heterocycles. The maximum absolute atomic E-state index is 13.5. The highest BCUT2D eigenvalue weighted by Gasteiger charge is 2.11. The Hall–Kier alpha value is -3.29. The van der Waals surface area contributed by atoms with Gasteiger partial charge in [-0.3, -0.25) is 4.79 Å². The molecule has 7 nitrogen and oxygen atoms in total. The first-order valence-corrected chi connectivity index (χ1v) is 7.28. The summed E-state index contributed by atoms with van der Waals surface area (Å²) in [6.07, 6.45) is -0.0261. The number of anilines is 1. The number of aromatic nitrogens is 4. The van der Waals surface area contributed by atoms with Gasteiger partial charge >= 0.3 is 5.69 Å². The monoisotopic (exact) mass is 327 g/mol.